The fourth-order valence-electron chi connectivity index (χ4n) is 3.56. The molecule has 1 atom stereocenters. The number of aryl methyl sites for hydroxylation is 1. The van der Waals surface area contributed by atoms with Crippen LogP contribution in [0.1, 0.15) is 24.6 Å². The van der Waals surface area contributed by atoms with Crippen molar-refractivity contribution in [3.05, 3.63) is 71.0 Å². The molecule has 1 N–H and O–H groups in total. The molecule has 2 aromatic carbocycles. The van der Waals surface area contributed by atoms with E-state index < -0.39 is 18.2 Å². The molecule has 10 heteroatoms. The van der Waals surface area contributed by atoms with Gasteiger partial charge in [-0.3, -0.25) is 9.69 Å². The van der Waals surface area contributed by atoms with Crippen LogP contribution in [0.4, 0.5) is 18.0 Å². The van der Waals surface area contributed by atoms with Crippen LogP contribution in [0.15, 0.2) is 53.9 Å². The van der Waals surface area contributed by atoms with Gasteiger partial charge in [-0.15, -0.1) is 11.3 Å². The van der Waals surface area contributed by atoms with E-state index in [1.165, 1.54) is 35.6 Å². The fourth-order valence-corrected chi connectivity index (χ4v) is 4.38. The highest BCUT2D eigenvalue weighted by atomic mass is 32.1. The highest BCUT2D eigenvalue weighted by molar-refractivity contribution is 7.13. The molecule has 1 aromatic heterocycles. The summed E-state index contributed by atoms with van der Waals surface area (Å²) in [5, 5.41) is 5.18. The summed E-state index contributed by atoms with van der Waals surface area (Å²) in [7, 11) is 0. The van der Waals surface area contributed by atoms with E-state index in [0.717, 1.165) is 16.0 Å². The predicted octanol–water partition coefficient (Wildman–Crippen LogP) is 4.99. The summed E-state index contributed by atoms with van der Waals surface area (Å²) in [6.07, 6.45) is 0.789. The number of thiazole rings is 1. The number of nitrogens with zero attached hydrogens (tertiary/aromatic N) is 2. The first-order valence-corrected chi connectivity index (χ1v) is 11.0. The maximum Gasteiger partial charge on any atom is 0.387 e. The quantitative estimate of drug-likeness (QED) is 0.466. The fraction of sp³-hybridized carbons (Fsp3) is 0.261. The number of aromatic nitrogens is 1. The van der Waals surface area contributed by atoms with Crippen molar-refractivity contribution < 1.29 is 27.5 Å². The van der Waals surface area contributed by atoms with Crippen LogP contribution in [0.25, 0.3) is 10.6 Å². The monoisotopic (exact) mass is 475 g/mol. The summed E-state index contributed by atoms with van der Waals surface area (Å²) in [4.78, 5) is 31.1. The molecule has 0 bridgehead atoms. The number of carbonyl (C=O) groups excluding carboxylic acids is 2. The Morgan fingerprint density at radius 2 is 1.82 bits per heavy atom. The Morgan fingerprint density at radius 1 is 1.12 bits per heavy atom. The number of hydrogen-bond donors (Lipinski definition) is 1. The summed E-state index contributed by atoms with van der Waals surface area (Å²) in [5.41, 5.74) is 1.04. The largest absolute Gasteiger partial charge is 0.435 e. The zero-order valence-electron chi connectivity index (χ0n) is 17.6. The van der Waals surface area contributed by atoms with Gasteiger partial charge in [0.25, 0.3) is 5.91 Å². The second kappa shape index (κ2) is 9.22. The standard InChI is InChI=1S/C23H20F3N3O3S/c1-23(11-10-14-2-8-18(9-3-14)32-21(25)26)20(30)29(22(31)28-23)12-17-13-33-19(27-17)15-4-6-16(24)7-5-15/h2-9,13,21H,10-12H2,1H3,(H,28,31). The normalized spacial score (nSPS) is 18.2. The summed E-state index contributed by atoms with van der Waals surface area (Å²) in [5.74, 6) is -0.646. The Balaban J connectivity index is 1.39. The number of urea groups is 1. The molecule has 0 radical (unpaired) electrons. The molecule has 4 rings (SSSR count). The van der Waals surface area contributed by atoms with Crippen molar-refractivity contribution in [2.75, 3.05) is 0 Å². The van der Waals surface area contributed by atoms with E-state index in [9.17, 15) is 22.8 Å². The number of ether oxygens (including phenoxy) is 1. The predicted molar refractivity (Wildman–Crippen MR) is 116 cm³/mol. The summed E-state index contributed by atoms with van der Waals surface area (Å²) in [6, 6.07) is 11.6. The molecule has 0 spiro atoms. The average Bonchev–Trinajstić information content (AvgIpc) is 3.32. The Labute approximate surface area is 192 Å². The maximum absolute atomic E-state index is 13.1. The van der Waals surface area contributed by atoms with Crippen LogP contribution < -0.4 is 10.1 Å². The van der Waals surface area contributed by atoms with Crippen LogP contribution in [0, 0.1) is 5.82 Å². The lowest BCUT2D eigenvalue weighted by Crippen LogP contribution is -2.44. The molecular weight excluding hydrogens is 455 g/mol. The minimum Gasteiger partial charge on any atom is -0.435 e. The molecular formula is C23H20F3N3O3S. The zero-order valence-corrected chi connectivity index (χ0v) is 18.4. The van der Waals surface area contributed by atoms with Crippen molar-refractivity contribution in [3.63, 3.8) is 0 Å². The zero-order chi connectivity index (χ0) is 23.6. The number of halogens is 3. The van der Waals surface area contributed by atoms with Crippen molar-refractivity contribution in [3.8, 4) is 16.3 Å². The molecule has 0 aliphatic carbocycles. The molecule has 6 nitrogen and oxygen atoms in total. The lowest BCUT2D eigenvalue weighted by molar-refractivity contribution is -0.131. The highest BCUT2D eigenvalue weighted by Crippen LogP contribution is 2.28. The molecule has 0 saturated carbocycles. The van der Waals surface area contributed by atoms with Crippen LogP contribution in [-0.4, -0.2) is 34.0 Å². The van der Waals surface area contributed by atoms with Crippen LogP contribution in [0.2, 0.25) is 0 Å². The molecule has 1 saturated heterocycles. The molecule has 2 heterocycles. The van der Waals surface area contributed by atoms with Crippen LogP contribution >= 0.6 is 11.3 Å². The van der Waals surface area contributed by atoms with Gasteiger partial charge in [0.15, 0.2) is 0 Å². The van der Waals surface area contributed by atoms with Gasteiger partial charge in [0, 0.05) is 10.9 Å². The topological polar surface area (TPSA) is 71.5 Å². The second-order valence-corrected chi connectivity index (χ2v) is 8.69. The van der Waals surface area contributed by atoms with Crippen LogP contribution in [0.3, 0.4) is 0 Å². The molecule has 1 aliphatic heterocycles. The van der Waals surface area contributed by atoms with Crippen molar-refractivity contribution >= 4 is 23.3 Å². The summed E-state index contributed by atoms with van der Waals surface area (Å²) >= 11 is 1.35. The van der Waals surface area contributed by atoms with Crippen molar-refractivity contribution in [2.24, 2.45) is 0 Å². The van der Waals surface area contributed by atoms with Gasteiger partial charge >= 0.3 is 12.6 Å². The SMILES string of the molecule is CC1(CCc2ccc(OC(F)F)cc2)NC(=O)N(Cc2csc(-c3ccc(F)cc3)n2)C1=O. The molecule has 1 fully saturated rings. The van der Waals surface area contributed by atoms with Gasteiger partial charge in [0.05, 0.1) is 12.2 Å². The van der Waals surface area contributed by atoms with Gasteiger partial charge in [-0.25, -0.2) is 14.2 Å². The summed E-state index contributed by atoms with van der Waals surface area (Å²) in [6.45, 7) is -1.21. The Hall–Kier alpha value is -3.40. The van der Waals surface area contributed by atoms with Gasteiger partial charge < -0.3 is 10.1 Å². The van der Waals surface area contributed by atoms with Gasteiger partial charge in [-0.2, -0.15) is 8.78 Å². The van der Waals surface area contributed by atoms with E-state index in [2.05, 4.69) is 15.0 Å². The smallest absolute Gasteiger partial charge is 0.387 e. The maximum atomic E-state index is 13.1. The number of rotatable bonds is 8. The van der Waals surface area contributed by atoms with E-state index in [0.29, 0.717) is 23.5 Å². The number of benzene rings is 2. The van der Waals surface area contributed by atoms with Crippen molar-refractivity contribution in [1.82, 2.24) is 15.2 Å². The molecule has 3 amide bonds. The molecule has 1 aliphatic rings. The third-order valence-corrected chi connectivity index (χ3v) is 6.31. The minimum atomic E-state index is -2.89. The number of imide groups is 1. The number of amides is 3. The third-order valence-electron chi connectivity index (χ3n) is 5.37. The average molecular weight is 475 g/mol. The Morgan fingerprint density at radius 3 is 2.48 bits per heavy atom. The third kappa shape index (κ3) is 5.16. The molecule has 172 valence electrons. The highest BCUT2D eigenvalue weighted by Gasteiger charge is 2.47. The summed E-state index contributed by atoms with van der Waals surface area (Å²) < 4.78 is 42.0. The van der Waals surface area contributed by atoms with Gasteiger partial charge in [-0.1, -0.05) is 12.1 Å². The number of carbonyl (C=O) groups is 2. The Kier molecular flexibility index (Phi) is 6.37. The van der Waals surface area contributed by atoms with Crippen molar-refractivity contribution in [1.29, 1.82) is 0 Å². The van der Waals surface area contributed by atoms with E-state index >= 15 is 0 Å². The number of alkyl halides is 2. The molecule has 3 aromatic rings. The van der Waals surface area contributed by atoms with Gasteiger partial charge in [0.2, 0.25) is 0 Å². The van der Waals surface area contributed by atoms with Gasteiger partial charge in [-0.05, 0) is 61.7 Å². The van der Waals surface area contributed by atoms with Crippen molar-refractivity contribution in [2.45, 2.75) is 38.5 Å². The van der Waals surface area contributed by atoms with Gasteiger partial charge in [0.1, 0.15) is 22.1 Å². The lowest BCUT2D eigenvalue weighted by Gasteiger charge is -2.21. The molecule has 33 heavy (non-hydrogen) atoms. The Bertz CT molecular complexity index is 1150. The lowest BCUT2D eigenvalue weighted by atomic mass is 9.93. The first-order chi connectivity index (χ1) is 15.7. The van der Waals surface area contributed by atoms with E-state index in [1.54, 1.807) is 36.6 Å². The van der Waals surface area contributed by atoms with Crippen LogP contribution in [0.5, 0.6) is 5.75 Å². The van der Waals surface area contributed by atoms with E-state index in [-0.39, 0.29) is 24.0 Å². The minimum absolute atomic E-state index is 0.0254. The van der Waals surface area contributed by atoms with E-state index in [4.69, 9.17) is 0 Å². The van der Waals surface area contributed by atoms with Crippen LogP contribution in [-0.2, 0) is 17.8 Å². The first-order valence-electron chi connectivity index (χ1n) is 10.1. The number of nitrogens with one attached hydrogen (secondary N) is 1. The first kappa shape index (κ1) is 22.8. The molecule has 1 unspecified atom stereocenters. The van der Waals surface area contributed by atoms with E-state index in [1.807, 2.05) is 0 Å². The number of hydrogen-bond acceptors (Lipinski definition) is 5. The second-order valence-electron chi connectivity index (χ2n) is 7.83.